The number of hydrogen-bond acceptors (Lipinski definition) is 2. The Morgan fingerprint density at radius 1 is 0.264 bits per heavy atom. The van der Waals surface area contributed by atoms with Crippen molar-refractivity contribution in [2.75, 3.05) is 4.90 Å². The van der Waals surface area contributed by atoms with Crippen molar-refractivity contribution in [2.24, 2.45) is 0 Å². The van der Waals surface area contributed by atoms with Gasteiger partial charge in [-0.1, -0.05) is 237 Å². The summed E-state index contributed by atoms with van der Waals surface area (Å²) in [5, 5.41) is 1.09. The van der Waals surface area contributed by atoms with E-state index >= 15 is 0 Å². The summed E-state index contributed by atoms with van der Waals surface area (Å²) in [6.45, 7) is 0. The highest BCUT2D eigenvalue weighted by Gasteiger charge is 2.48. The Kier molecular flexibility index (Phi) is 9.69. The van der Waals surface area contributed by atoms with Gasteiger partial charge in [-0.3, -0.25) is 0 Å². The van der Waals surface area contributed by atoms with E-state index in [4.69, 9.17) is 4.42 Å². The Balaban J connectivity index is 1.06. The fourth-order valence-corrected chi connectivity index (χ4v) is 12.7. The molecule has 14 rings (SSSR count). The maximum Gasteiger partial charge on any atom is 0.134 e. The fourth-order valence-electron chi connectivity index (χ4n) is 12.7. The molecule has 2 aliphatic rings. The lowest BCUT2D eigenvalue weighted by Gasteiger charge is -2.35. The Morgan fingerprint density at radius 2 is 0.681 bits per heavy atom. The van der Waals surface area contributed by atoms with E-state index in [1.54, 1.807) is 6.26 Å². The standard InChI is InChI=1S/C70H47NO/c1-5-22-48(23-6-1)69(49-24-7-2-8-25-49)64-37-19-16-33-58(64)62-46-52(41-43-65(62)69)71(67-38-20-17-34-60(67)55-31-14-13-30-54(55)56-35-21-39-68-61(56)44-45-72-68)53-40-42-59-57-32-15-18-36-63(57)70(66(59)47-53,50-26-9-3-10-27-50)51-28-11-4-12-29-51/h1-47H. The second kappa shape index (κ2) is 16.7. The lowest BCUT2D eigenvalue weighted by molar-refractivity contribution is 0.616. The molecule has 0 fully saturated rings. The van der Waals surface area contributed by atoms with E-state index < -0.39 is 10.8 Å². The summed E-state index contributed by atoms with van der Waals surface area (Å²) in [4.78, 5) is 2.52. The number of nitrogens with zero attached hydrogens (tertiary/aromatic N) is 1. The average molecular weight is 918 g/mol. The van der Waals surface area contributed by atoms with Crippen LogP contribution in [0.2, 0.25) is 0 Å². The van der Waals surface area contributed by atoms with E-state index in [-0.39, 0.29) is 0 Å². The van der Waals surface area contributed by atoms with Crippen LogP contribution < -0.4 is 4.90 Å². The second-order valence-electron chi connectivity index (χ2n) is 19.1. The number of anilines is 3. The predicted octanol–water partition coefficient (Wildman–Crippen LogP) is 18.0. The minimum Gasteiger partial charge on any atom is -0.464 e. The molecule has 2 heteroatoms. The Hall–Kier alpha value is -9.24. The highest BCUT2D eigenvalue weighted by molar-refractivity contribution is 6.02. The molecule has 0 N–H and O–H groups in total. The largest absolute Gasteiger partial charge is 0.464 e. The molecule has 2 aliphatic carbocycles. The van der Waals surface area contributed by atoms with E-state index in [1.165, 1.54) is 66.8 Å². The molecule has 11 aromatic carbocycles. The van der Waals surface area contributed by atoms with Gasteiger partial charge in [-0.2, -0.15) is 0 Å². The lowest BCUT2D eigenvalue weighted by Crippen LogP contribution is -2.29. The van der Waals surface area contributed by atoms with Crippen molar-refractivity contribution in [1.82, 2.24) is 0 Å². The number of hydrogen-bond donors (Lipinski definition) is 0. The summed E-state index contributed by atoms with van der Waals surface area (Å²) in [5.41, 5.74) is 22.6. The van der Waals surface area contributed by atoms with Crippen molar-refractivity contribution in [2.45, 2.75) is 10.8 Å². The Morgan fingerprint density at radius 3 is 1.28 bits per heavy atom. The summed E-state index contributed by atoms with van der Waals surface area (Å²) in [6, 6.07) is 103. The molecule has 338 valence electrons. The zero-order valence-corrected chi connectivity index (χ0v) is 39.5. The highest BCUT2D eigenvalue weighted by atomic mass is 16.3. The first-order valence-electron chi connectivity index (χ1n) is 24.9. The zero-order valence-electron chi connectivity index (χ0n) is 39.5. The first-order chi connectivity index (χ1) is 35.7. The molecule has 0 amide bonds. The van der Waals surface area contributed by atoms with Crippen LogP contribution >= 0.6 is 0 Å². The number of para-hydroxylation sites is 1. The Labute approximate surface area is 420 Å². The van der Waals surface area contributed by atoms with E-state index in [0.717, 1.165) is 50.3 Å². The minimum absolute atomic E-state index is 0.521. The summed E-state index contributed by atoms with van der Waals surface area (Å²) < 4.78 is 5.97. The van der Waals surface area contributed by atoms with E-state index in [1.807, 2.05) is 6.07 Å². The molecule has 0 saturated carbocycles. The molecular weight excluding hydrogens is 871 g/mol. The lowest BCUT2D eigenvalue weighted by atomic mass is 9.67. The van der Waals surface area contributed by atoms with Gasteiger partial charge in [-0.05, 0) is 126 Å². The van der Waals surface area contributed by atoms with E-state index in [2.05, 4.69) is 278 Å². The molecule has 12 aromatic rings. The highest BCUT2D eigenvalue weighted by Crippen LogP contribution is 2.60. The van der Waals surface area contributed by atoms with Crippen LogP contribution in [0.25, 0.3) is 55.5 Å². The van der Waals surface area contributed by atoms with Crippen LogP contribution in [-0.2, 0) is 10.8 Å². The summed E-state index contributed by atoms with van der Waals surface area (Å²) in [5.74, 6) is 0. The van der Waals surface area contributed by atoms with Crippen molar-refractivity contribution in [3.8, 4) is 44.5 Å². The van der Waals surface area contributed by atoms with E-state index in [9.17, 15) is 0 Å². The molecule has 0 aliphatic heterocycles. The van der Waals surface area contributed by atoms with Crippen molar-refractivity contribution in [3.05, 3.63) is 330 Å². The summed E-state index contributed by atoms with van der Waals surface area (Å²) >= 11 is 0. The normalized spacial score (nSPS) is 13.5. The van der Waals surface area contributed by atoms with Gasteiger partial charge < -0.3 is 9.32 Å². The number of rotatable bonds is 9. The molecule has 0 unspecified atom stereocenters. The van der Waals surface area contributed by atoms with Crippen LogP contribution in [0, 0.1) is 0 Å². The van der Waals surface area contributed by atoms with Gasteiger partial charge in [0.2, 0.25) is 0 Å². The van der Waals surface area contributed by atoms with Gasteiger partial charge in [0.05, 0.1) is 22.8 Å². The molecule has 0 saturated heterocycles. The molecule has 0 spiro atoms. The maximum absolute atomic E-state index is 5.97. The maximum atomic E-state index is 5.97. The van der Waals surface area contributed by atoms with Gasteiger partial charge in [-0.15, -0.1) is 0 Å². The van der Waals surface area contributed by atoms with Crippen molar-refractivity contribution in [3.63, 3.8) is 0 Å². The number of furan rings is 1. The average Bonchev–Trinajstić information content (AvgIpc) is 4.15. The summed E-state index contributed by atoms with van der Waals surface area (Å²) in [7, 11) is 0. The smallest absolute Gasteiger partial charge is 0.134 e. The molecule has 1 aromatic heterocycles. The van der Waals surface area contributed by atoms with Crippen LogP contribution in [-0.4, -0.2) is 0 Å². The van der Waals surface area contributed by atoms with Crippen LogP contribution in [0.5, 0.6) is 0 Å². The van der Waals surface area contributed by atoms with Gasteiger partial charge in [0.25, 0.3) is 0 Å². The first kappa shape index (κ1) is 41.7. The molecule has 72 heavy (non-hydrogen) atoms. The van der Waals surface area contributed by atoms with Gasteiger partial charge in [0.1, 0.15) is 5.58 Å². The van der Waals surface area contributed by atoms with Crippen LogP contribution in [0.1, 0.15) is 44.5 Å². The first-order valence-corrected chi connectivity index (χ1v) is 24.9. The molecule has 1 heterocycles. The topological polar surface area (TPSA) is 16.4 Å². The third-order valence-electron chi connectivity index (χ3n) is 15.5. The second-order valence-corrected chi connectivity index (χ2v) is 19.1. The van der Waals surface area contributed by atoms with Crippen molar-refractivity contribution >= 4 is 28.0 Å². The zero-order chi connectivity index (χ0) is 47.6. The van der Waals surface area contributed by atoms with Crippen molar-refractivity contribution in [1.29, 1.82) is 0 Å². The van der Waals surface area contributed by atoms with Crippen LogP contribution in [0.3, 0.4) is 0 Å². The molecule has 0 atom stereocenters. The van der Waals surface area contributed by atoms with Crippen molar-refractivity contribution < 1.29 is 4.42 Å². The minimum atomic E-state index is -0.576. The van der Waals surface area contributed by atoms with Crippen LogP contribution in [0.15, 0.2) is 290 Å². The van der Waals surface area contributed by atoms with Crippen LogP contribution in [0.4, 0.5) is 17.1 Å². The third-order valence-corrected chi connectivity index (χ3v) is 15.5. The molecule has 0 radical (unpaired) electrons. The number of fused-ring (bicyclic) bond motifs is 7. The Bertz CT molecular complexity index is 3910. The molecule has 0 bridgehead atoms. The van der Waals surface area contributed by atoms with E-state index in [0.29, 0.717) is 0 Å². The fraction of sp³-hybridized carbons (Fsp3) is 0.0286. The van der Waals surface area contributed by atoms with Gasteiger partial charge in [0, 0.05) is 22.3 Å². The van der Waals surface area contributed by atoms with Gasteiger partial charge >= 0.3 is 0 Å². The monoisotopic (exact) mass is 917 g/mol. The molecular formula is C70H47NO. The SMILES string of the molecule is c1ccc(C2(c3ccccc3)c3ccccc3-c3cc(N(c4ccc5c(c4)C(c4ccccc4)(c4ccccc4)c4ccccc4-5)c4ccccc4-c4ccccc4-c4cccc5occc45)ccc32)cc1. The van der Waals surface area contributed by atoms with Gasteiger partial charge in [-0.25, -0.2) is 0 Å². The third kappa shape index (κ3) is 6.09. The quantitative estimate of drug-likeness (QED) is 0.143. The predicted molar refractivity (Wildman–Crippen MR) is 296 cm³/mol. The number of benzene rings is 11. The molecule has 2 nitrogen and oxygen atoms in total. The summed E-state index contributed by atoms with van der Waals surface area (Å²) in [6.07, 6.45) is 1.79. The van der Waals surface area contributed by atoms with Gasteiger partial charge in [0.15, 0.2) is 0 Å².